The summed E-state index contributed by atoms with van der Waals surface area (Å²) < 4.78 is 39.1. The van der Waals surface area contributed by atoms with E-state index in [0.29, 0.717) is 11.3 Å². The lowest BCUT2D eigenvalue weighted by atomic mass is 10.1. The summed E-state index contributed by atoms with van der Waals surface area (Å²) in [7, 11) is 0. The smallest absolute Gasteiger partial charge is 0.322 e. The minimum atomic E-state index is -4.58. The van der Waals surface area contributed by atoms with Crippen LogP contribution in [0.15, 0.2) is 78.9 Å². The van der Waals surface area contributed by atoms with Gasteiger partial charge >= 0.3 is 6.18 Å². The summed E-state index contributed by atoms with van der Waals surface area (Å²) in [5, 5.41) is 4.97. The maximum atomic E-state index is 13.0. The van der Waals surface area contributed by atoms with Crippen LogP contribution in [0.2, 0.25) is 0 Å². The molecule has 0 fully saturated rings. The van der Waals surface area contributed by atoms with E-state index in [1.165, 1.54) is 42.5 Å². The molecule has 0 spiro atoms. The molecule has 0 bridgehead atoms. The fraction of sp³-hybridized carbons (Fsp3) is 0.0476. The molecule has 0 aliphatic carbocycles. The van der Waals surface area contributed by atoms with Gasteiger partial charge < -0.3 is 10.6 Å². The summed E-state index contributed by atoms with van der Waals surface area (Å²) in [6, 6.07) is 19.2. The van der Waals surface area contributed by atoms with Crippen LogP contribution < -0.4 is 10.6 Å². The second kappa shape index (κ2) is 7.96. The molecule has 2 N–H and O–H groups in total. The normalized spacial score (nSPS) is 11.0. The second-order valence-corrected chi connectivity index (χ2v) is 5.89. The molecular formula is C21H15F3N2O2. The Balaban J connectivity index is 1.72. The van der Waals surface area contributed by atoms with Crippen molar-refractivity contribution in [1.82, 2.24) is 0 Å². The molecule has 0 aromatic heterocycles. The highest BCUT2D eigenvalue weighted by Gasteiger charge is 2.33. The summed E-state index contributed by atoms with van der Waals surface area (Å²) in [5.41, 5.74) is -0.185. The largest absolute Gasteiger partial charge is 0.418 e. The number of rotatable bonds is 4. The molecule has 0 saturated carbocycles. The maximum Gasteiger partial charge on any atom is 0.418 e. The zero-order chi connectivity index (χ0) is 20.1. The van der Waals surface area contributed by atoms with Gasteiger partial charge in [-0.2, -0.15) is 13.2 Å². The molecule has 3 rings (SSSR count). The Morgan fingerprint density at radius 1 is 0.643 bits per heavy atom. The lowest BCUT2D eigenvalue weighted by molar-refractivity contribution is -0.136. The number of hydrogen-bond acceptors (Lipinski definition) is 2. The minimum Gasteiger partial charge on any atom is -0.322 e. The Bertz CT molecular complexity index is 985. The van der Waals surface area contributed by atoms with Gasteiger partial charge in [0.1, 0.15) is 0 Å². The van der Waals surface area contributed by atoms with E-state index in [1.54, 1.807) is 24.3 Å². The van der Waals surface area contributed by atoms with E-state index in [1.807, 2.05) is 6.07 Å². The van der Waals surface area contributed by atoms with Gasteiger partial charge in [-0.1, -0.05) is 30.3 Å². The van der Waals surface area contributed by atoms with Crippen molar-refractivity contribution in [2.24, 2.45) is 0 Å². The monoisotopic (exact) mass is 384 g/mol. The van der Waals surface area contributed by atoms with E-state index in [9.17, 15) is 22.8 Å². The highest BCUT2D eigenvalue weighted by Crippen LogP contribution is 2.34. The summed E-state index contributed by atoms with van der Waals surface area (Å²) in [6.07, 6.45) is -4.58. The number of carbonyl (C=O) groups excluding carboxylic acids is 2. The zero-order valence-corrected chi connectivity index (χ0v) is 14.5. The predicted molar refractivity (Wildman–Crippen MR) is 100 cm³/mol. The predicted octanol–water partition coefficient (Wildman–Crippen LogP) is 5.21. The van der Waals surface area contributed by atoms with Crippen molar-refractivity contribution in [2.45, 2.75) is 6.18 Å². The van der Waals surface area contributed by atoms with Crippen LogP contribution in [0.1, 0.15) is 26.3 Å². The first-order valence-corrected chi connectivity index (χ1v) is 8.28. The van der Waals surface area contributed by atoms with Crippen molar-refractivity contribution in [3.63, 3.8) is 0 Å². The molecule has 7 heteroatoms. The Morgan fingerprint density at radius 3 is 1.71 bits per heavy atom. The van der Waals surface area contributed by atoms with E-state index in [-0.39, 0.29) is 17.2 Å². The molecule has 0 saturated heterocycles. The fourth-order valence-electron chi connectivity index (χ4n) is 2.53. The number of carbonyl (C=O) groups is 2. The fourth-order valence-corrected chi connectivity index (χ4v) is 2.53. The van der Waals surface area contributed by atoms with E-state index in [0.717, 1.165) is 6.07 Å². The quantitative estimate of drug-likeness (QED) is 0.649. The summed E-state index contributed by atoms with van der Waals surface area (Å²) in [6.45, 7) is 0. The third kappa shape index (κ3) is 4.56. The van der Waals surface area contributed by atoms with Crippen molar-refractivity contribution in [3.8, 4) is 0 Å². The zero-order valence-electron chi connectivity index (χ0n) is 14.5. The number of amides is 2. The standard InChI is InChI=1S/C21H15F3N2O2/c22-21(23,24)17-8-4-5-9-18(17)26-20(28)15-12-10-14(11-13-15)19(27)25-16-6-2-1-3-7-16/h1-13H,(H,25,27)(H,26,28). The van der Waals surface area contributed by atoms with E-state index < -0.39 is 17.6 Å². The van der Waals surface area contributed by atoms with Gasteiger partial charge in [0.05, 0.1) is 11.3 Å². The first-order chi connectivity index (χ1) is 13.3. The number of hydrogen-bond donors (Lipinski definition) is 2. The van der Waals surface area contributed by atoms with Gasteiger partial charge in [0, 0.05) is 16.8 Å². The lowest BCUT2D eigenvalue weighted by Crippen LogP contribution is -2.17. The average molecular weight is 384 g/mol. The topological polar surface area (TPSA) is 58.2 Å². The van der Waals surface area contributed by atoms with Crippen LogP contribution in [0.25, 0.3) is 0 Å². The molecule has 2 amide bonds. The number of benzene rings is 3. The molecule has 3 aromatic carbocycles. The van der Waals surface area contributed by atoms with Crippen molar-refractivity contribution >= 4 is 23.2 Å². The lowest BCUT2D eigenvalue weighted by Gasteiger charge is -2.13. The first-order valence-electron chi connectivity index (χ1n) is 8.28. The second-order valence-electron chi connectivity index (χ2n) is 5.89. The highest BCUT2D eigenvalue weighted by atomic mass is 19.4. The van der Waals surface area contributed by atoms with E-state index in [4.69, 9.17) is 0 Å². The van der Waals surface area contributed by atoms with Crippen LogP contribution in [0.4, 0.5) is 24.5 Å². The summed E-state index contributed by atoms with van der Waals surface area (Å²) >= 11 is 0. The van der Waals surface area contributed by atoms with Gasteiger partial charge in [-0.3, -0.25) is 9.59 Å². The third-order valence-electron chi connectivity index (χ3n) is 3.92. The molecule has 0 heterocycles. The number of halogens is 3. The van der Waals surface area contributed by atoms with Gasteiger partial charge in [0.15, 0.2) is 0 Å². The summed E-state index contributed by atoms with van der Waals surface area (Å²) in [5.74, 6) is -1.06. The van der Waals surface area contributed by atoms with Gasteiger partial charge in [0.25, 0.3) is 11.8 Å². The molecule has 0 atom stereocenters. The Morgan fingerprint density at radius 2 is 1.14 bits per heavy atom. The van der Waals surface area contributed by atoms with Gasteiger partial charge in [-0.15, -0.1) is 0 Å². The van der Waals surface area contributed by atoms with Gasteiger partial charge in [-0.05, 0) is 48.5 Å². The molecule has 0 radical (unpaired) electrons. The molecular weight excluding hydrogens is 369 g/mol. The van der Waals surface area contributed by atoms with Gasteiger partial charge in [0.2, 0.25) is 0 Å². The van der Waals surface area contributed by atoms with Crippen molar-refractivity contribution < 1.29 is 22.8 Å². The van der Waals surface area contributed by atoms with Gasteiger partial charge in [-0.25, -0.2) is 0 Å². The number of para-hydroxylation sites is 2. The number of nitrogens with one attached hydrogen (secondary N) is 2. The van der Waals surface area contributed by atoms with Crippen LogP contribution >= 0.6 is 0 Å². The van der Waals surface area contributed by atoms with Crippen LogP contribution in [0.3, 0.4) is 0 Å². The van der Waals surface area contributed by atoms with Crippen LogP contribution in [0.5, 0.6) is 0 Å². The van der Waals surface area contributed by atoms with Crippen LogP contribution in [0, 0.1) is 0 Å². The molecule has 0 unspecified atom stereocenters. The maximum absolute atomic E-state index is 13.0. The number of alkyl halides is 3. The molecule has 142 valence electrons. The molecule has 3 aromatic rings. The number of anilines is 2. The highest BCUT2D eigenvalue weighted by molar-refractivity contribution is 6.07. The minimum absolute atomic E-state index is 0.133. The Kier molecular flexibility index (Phi) is 5.44. The molecule has 4 nitrogen and oxygen atoms in total. The van der Waals surface area contributed by atoms with Crippen molar-refractivity contribution in [3.05, 3.63) is 95.6 Å². The first kappa shape index (κ1) is 19.2. The van der Waals surface area contributed by atoms with Crippen molar-refractivity contribution in [2.75, 3.05) is 10.6 Å². The Hall–Kier alpha value is -3.61. The van der Waals surface area contributed by atoms with Crippen LogP contribution in [-0.4, -0.2) is 11.8 Å². The molecule has 0 aliphatic rings. The molecule has 28 heavy (non-hydrogen) atoms. The third-order valence-corrected chi connectivity index (χ3v) is 3.92. The van der Waals surface area contributed by atoms with E-state index >= 15 is 0 Å². The summed E-state index contributed by atoms with van der Waals surface area (Å²) in [4.78, 5) is 24.5. The Labute approximate surface area is 159 Å². The van der Waals surface area contributed by atoms with Crippen LogP contribution in [-0.2, 0) is 6.18 Å². The van der Waals surface area contributed by atoms with Crippen molar-refractivity contribution in [1.29, 1.82) is 0 Å². The molecule has 0 aliphatic heterocycles. The SMILES string of the molecule is O=C(Nc1ccccc1)c1ccc(C(=O)Nc2ccccc2C(F)(F)F)cc1. The van der Waals surface area contributed by atoms with E-state index in [2.05, 4.69) is 10.6 Å². The average Bonchev–Trinajstić information content (AvgIpc) is 2.68.